The Morgan fingerprint density at radius 1 is 1.52 bits per heavy atom. The summed E-state index contributed by atoms with van der Waals surface area (Å²) < 4.78 is 119. The molecule has 0 aliphatic carbocycles. The molecule has 0 saturated carbocycles. The molecule has 4 atom stereocenters. The van der Waals surface area contributed by atoms with Gasteiger partial charge in [-0.25, -0.2) is 0 Å². The predicted octanol–water partition coefficient (Wildman–Crippen LogP) is 3.03. The summed E-state index contributed by atoms with van der Waals surface area (Å²) in [5, 5.41) is 11.1. The van der Waals surface area contributed by atoms with Crippen molar-refractivity contribution in [3.63, 3.8) is 0 Å². The molecule has 128 valence electrons. The van der Waals surface area contributed by atoms with Crippen LogP contribution in [0.2, 0.25) is 0 Å². The smallest absolute Gasteiger partial charge is 0.161 e. The first-order chi connectivity index (χ1) is 16.0. The van der Waals surface area contributed by atoms with Gasteiger partial charge in [0.05, 0.1) is 20.3 Å². The third-order valence-electron chi connectivity index (χ3n) is 3.83. The van der Waals surface area contributed by atoms with E-state index in [4.69, 9.17) is 27.3 Å². The number of ether oxygens (including phenoxy) is 2. The summed E-state index contributed by atoms with van der Waals surface area (Å²) in [5.41, 5.74) is -0.389. The average Bonchev–Trinajstić information content (AvgIpc) is 2.74. The number of aliphatic hydroxyl groups is 1. The molecule has 1 saturated heterocycles. The molecule has 0 radical (unpaired) electrons. The van der Waals surface area contributed by atoms with Crippen molar-refractivity contribution < 1.29 is 32.4 Å². The molecule has 2 aliphatic rings. The van der Waals surface area contributed by atoms with Crippen LogP contribution >= 0.6 is 0 Å². The third kappa shape index (κ3) is 3.20. The summed E-state index contributed by atoms with van der Waals surface area (Å²) in [4.78, 5) is 0.606. The predicted molar refractivity (Wildman–Crippen MR) is 91.1 cm³/mol. The van der Waals surface area contributed by atoms with E-state index in [9.17, 15) is 5.11 Å². The van der Waals surface area contributed by atoms with E-state index in [-0.39, 0.29) is 22.6 Å². The summed E-state index contributed by atoms with van der Waals surface area (Å²) in [5.74, 6) is -5.98. The molecule has 4 nitrogen and oxygen atoms in total. The Morgan fingerprint density at radius 3 is 2.96 bits per heavy atom. The lowest BCUT2D eigenvalue weighted by Gasteiger charge is -2.46. The molecule has 1 unspecified atom stereocenters. The second-order valence-electron chi connectivity index (χ2n) is 5.41. The molecule has 1 fully saturated rings. The quantitative estimate of drug-likeness (QED) is 0.920. The van der Waals surface area contributed by atoms with Crippen molar-refractivity contribution in [1.29, 1.82) is 0 Å². The Morgan fingerprint density at radius 2 is 2.26 bits per heavy atom. The average molecular weight is 333 g/mol. The topological polar surface area (TPSA) is 41.9 Å². The van der Waals surface area contributed by atoms with E-state index in [1.807, 2.05) is 0 Å². The molecule has 3 rings (SSSR count). The van der Waals surface area contributed by atoms with Gasteiger partial charge in [-0.05, 0) is 54.2 Å². The number of aliphatic hydroxyl groups excluding tert-OH is 1. The van der Waals surface area contributed by atoms with Gasteiger partial charge in [0.15, 0.2) is 11.5 Å². The van der Waals surface area contributed by atoms with E-state index >= 15 is 0 Å². The molecule has 23 heavy (non-hydrogen) atoms. The fourth-order valence-electron chi connectivity index (χ4n) is 2.77. The second-order valence-corrected chi connectivity index (χ2v) is 5.41. The SMILES string of the molecule is [2H]C1([2H])[C@@H](O)[C@@]([2H])(C([2H])([2H])C([2H])(C)C([2H])([2H])[2H])CN2[C@@H]1c1cc(OC)c(OC)cc1C([2H])([2H])C2([2H])[2H]. The van der Waals surface area contributed by atoms with Gasteiger partial charge in [-0.2, -0.15) is 0 Å². The van der Waals surface area contributed by atoms with Gasteiger partial charge < -0.3 is 14.6 Å². The molecule has 0 amide bonds. The van der Waals surface area contributed by atoms with E-state index in [0.717, 1.165) is 0 Å². The van der Waals surface area contributed by atoms with Crippen LogP contribution in [0.15, 0.2) is 12.1 Å². The first-order valence-corrected chi connectivity index (χ1v) is 7.19. The zero-order chi connectivity index (χ0) is 28.1. The third-order valence-corrected chi connectivity index (χ3v) is 3.83. The number of fused-ring (bicyclic) bond motifs is 3. The van der Waals surface area contributed by atoms with Gasteiger partial charge in [0.1, 0.15) is 0 Å². The minimum atomic E-state index is -3.41. The van der Waals surface area contributed by atoms with Gasteiger partial charge in [0.2, 0.25) is 0 Å². The lowest BCUT2D eigenvalue weighted by molar-refractivity contribution is -0.0191. The monoisotopic (exact) mass is 332 g/mol. The van der Waals surface area contributed by atoms with E-state index in [1.54, 1.807) is 0 Å². The number of aryl methyl sites for hydroxylation is 1. The van der Waals surface area contributed by atoms with Gasteiger partial charge in [-0.1, -0.05) is 13.8 Å². The van der Waals surface area contributed by atoms with Crippen LogP contribution in [0.3, 0.4) is 0 Å². The molecule has 2 heterocycles. The van der Waals surface area contributed by atoms with E-state index < -0.39 is 62.9 Å². The fraction of sp³-hybridized carbons (Fsp3) is 0.684. The zero-order valence-corrected chi connectivity index (χ0v) is 13.2. The highest BCUT2D eigenvalue weighted by Crippen LogP contribution is 2.43. The molecule has 4 heteroatoms. The molecule has 0 spiro atoms. The van der Waals surface area contributed by atoms with E-state index in [0.29, 0.717) is 11.8 Å². The van der Waals surface area contributed by atoms with Crippen LogP contribution in [0.5, 0.6) is 11.5 Å². The minimum absolute atomic E-state index is 0.0510. The highest BCUT2D eigenvalue weighted by atomic mass is 16.5. The van der Waals surface area contributed by atoms with Crippen LogP contribution in [0.25, 0.3) is 0 Å². The fourth-order valence-corrected chi connectivity index (χ4v) is 2.77. The van der Waals surface area contributed by atoms with Crippen molar-refractivity contribution in [3.8, 4) is 11.5 Å². The van der Waals surface area contributed by atoms with Crippen molar-refractivity contribution in [1.82, 2.24) is 4.90 Å². The van der Waals surface area contributed by atoms with Crippen LogP contribution in [-0.2, 0) is 6.37 Å². The molecule has 1 aromatic carbocycles. The van der Waals surface area contributed by atoms with E-state index in [2.05, 4.69) is 0 Å². The van der Waals surface area contributed by atoms with Crippen LogP contribution < -0.4 is 9.47 Å². The van der Waals surface area contributed by atoms with Crippen LogP contribution in [0.1, 0.15) is 61.5 Å². The van der Waals surface area contributed by atoms with Crippen LogP contribution in [0, 0.1) is 11.8 Å². The Bertz CT molecular complexity index is 1040. The summed E-state index contributed by atoms with van der Waals surface area (Å²) in [6.45, 7) is -6.75. The standard InChI is InChI=1S/C19H29NO3/c1-12(2)7-14-11-20-6-5-13-8-18(22-3)19(23-4)9-15(13)16(20)10-17(14)21/h8-9,12,14,16-17,21H,5-7,10-11H2,1-4H3/t14-,16-,17+/m0/s1/i1D3,5D2,6D2,7D2,10D2,12D,14D/t12?,14-,16-,17+. The maximum Gasteiger partial charge on any atom is 0.161 e. The molecule has 1 aromatic rings. The van der Waals surface area contributed by atoms with Gasteiger partial charge >= 0.3 is 0 Å². The number of hydrogen-bond donors (Lipinski definition) is 1. The van der Waals surface area contributed by atoms with Crippen molar-refractivity contribution in [2.24, 2.45) is 11.8 Å². The summed E-state index contributed by atoms with van der Waals surface area (Å²) >= 11 is 0. The zero-order valence-electron chi connectivity index (χ0n) is 26.2. The highest BCUT2D eigenvalue weighted by Gasteiger charge is 2.38. The van der Waals surface area contributed by atoms with E-state index in [1.165, 1.54) is 26.4 Å². The van der Waals surface area contributed by atoms with Gasteiger partial charge in [-0.15, -0.1) is 0 Å². The Balaban J connectivity index is 2.34. The van der Waals surface area contributed by atoms with Crippen LogP contribution in [0.4, 0.5) is 0 Å². The molecule has 2 aliphatic heterocycles. The Labute approximate surface area is 157 Å². The largest absolute Gasteiger partial charge is 0.493 e. The summed E-state index contributed by atoms with van der Waals surface area (Å²) in [6, 6.07) is 0.690. The van der Waals surface area contributed by atoms with Gasteiger partial charge in [0.25, 0.3) is 0 Å². The number of hydrogen-bond acceptors (Lipinski definition) is 4. The molecule has 1 N–H and O–H groups in total. The number of rotatable bonds is 4. The van der Waals surface area contributed by atoms with Crippen molar-refractivity contribution in [2.45, 2.75) is 45.0 Å². The number of methoxy groups -OCH3 is 2. The van der Waals surface area contributed by atoms with Crippen LogP contribution in [-0.4, -0.2) is 43.4 Å². The second kappa shape index (κ2) is 6.70. The number of benzene rings is 1. The first-order valence-electron chi connectivity index (χ1n) is 13.7. The van der Waals surface area contributed by atoms with Crippen molar-refractivity contribution in [3.05, 3.63) is 23.3 Å². The maximum atomic E-state index is 11.1. The summed E-state index contributed by atoms with van der Waals surface area (Å²) in [7, 11) is 2.57. The number of piperidine rings is 1. The highest BCUT2D eigenvalue weighted by molar-refractivity contribution is 5.49. The van der Waals surface area contributed by atoms with Crippen molar-refractivity contribution in [2.75, 3.05) is 27.3 Å². The molecular weight excluding hydrogens is 290 g/mol. The normalized spacial score (nSPS) is 49.3. The lowest BCUT2D eigenvalue weighted by atomic mass is 9.79. The molecule has 0 aromatic heterocycles. The Hall–Kier alpha value is -1.26. The lowest BCUT2D eigenvalue weighted by Crippen LogP contribution is -2.48. The number of nitrogens with zero attached hydrogens (tertiary/aromatic N) is 1. The van der Waals surface area contributed by atoms with Gasteiger partial charge in [0, 0.05) is 36.9 Å². The van der Waals surface area contributed by atoms with Crippen molar-refractivity contribution >= 4 is 0 Å². The van der Waals surface area contributed by atoms with Gasteiger partial charge in [-0.3, -0.25) is 4.90 Å². The molecule has 0 bridgehead atoms. The molecular formula is C19H29NO3. The minimum Gasteiger partial charge on any atom is -0.493 e. The summed E-state index contributed by atoms with van der Waals surface area (Å²) in [6.07, 6.45) is -11.8. The maximum absolute atomic E-state index is 11.1. The first kappa shape index (κ1) is 6.93. The Kier molecular flexibility index (Phi) is 2.02.